The van der Waals surface area contributed by atoms with E-state index in [0.717, 1.165) is 0 Å². The first-order chi connectivity index (χ1) is 8.90. The van der Waals surface area contributed by atoms with Gasteiger partial charge in [0.1, 0.15) is 12.4 Å². The highest BCUT2D eigenvalue weighted by Gasteiger charge is 2.17. The van der Waals surface area contributed by atoms with E-state index in [1.54, 1.807) is 32.0 Å². The molecule has 0 bridgehead atoms. The second kappa shape index (κ2) is 6.45. The van der Waals surface area contributed by atoms with Crippen LogP contribution in [0.15, 0.2) is 18.2 Å². The third-order valence-electron chi connectivity index (χ3n) is 2.38. The Kier molecular flexibility index (Phi) is 5.21. The zero-order valence-corrected chi connectivity index (χ0v) is 11.9. The minimum absolute atomic E-state index is 0.251. The third kappa shape index (κ3) is 4.16. The highest BCUT2D eigenvalue weighted by molar-refractivity contribution is 7.93. The van der Waals surface area contributed by atoms with E-state index < -0.39 is 15.3 Å². The molecule has 1 aromatic carbocycles. The zero-order chi connectivity index (χ0) is 14.5. The predicted molar refractivity (Wildman–Crippen MR) is 74.6 cm³/mol. The summed E-state index contributed by atoms with van der Waals surface area (Å²) in [5.74, 6) is 5.63. The number of hydrogen-bond acceptors (Lipinski definition) is 4. The molecular weight excluding hydrogens is 266 g/mol. The fraction of sp³-hybridized carbons (Fsp3) is 0.385. The molecule has 6 heteroatoms. The van der Waals surface area contributed by atoms with Gasteiger partial charge in [0.05, 0.1) is 18.0 Å². The minimum atomic E-state index is -3.45. The molecule has 0 saturated heterocycles. The number of benzene rings is 1. The zero-order valence-electron chi connectivity index (χ0n) is 11.1. The number of ether oxygens (including phenoxy) is 1. The number of rotatable bonds is 4. The molecule has 0 aromatic heterocycles. The molecule has 2 N–H and O–H groups in total. The first kappa shape index (κ1) is 15.3. The Hall–Kier alpha value is -1.71. The molecule has 0 aliphatic rings. The van der Waals surface area contributed by atoms with Crippen LogP contribution in [-0.4, -0.2) is 32.5 Å². The van der Waals surface area contributed by atoms with Crippen molar-refractivity contribution in [1.82, 2.24) is 0 Å². The van der Waals surface area contributed by atoms with Crippen molar-refractivity contribution in [3.63, 3.8) is 0 Å². The van der Waals surface area contributed by atoms with E-state index in [-0.39, 0.29) is 6.61 Å². The second-order valence-corrected chi connectivity index (χ2v) is 6.31. The van der Waals surface area contributed by atoms with E-state index in [4.69, 9.17) is 9.84 Å². The van der Waals surface area contributed by atoms with Crippen LogP contribution in [0.1, 0.15) is 19.4 Å². The van der Waals surface area contributed by atoms with Gasteiger partial charge in [-0.15, -0.1) is 0 Å². The molecule has 0 radical (unpaired) electrons. The Morgan fingerprint density at radius 3 is 2.63 bits per heavy atom. The van der Waals surface area contributed by atoms with Gasteiger partial charge in [-0.25, -0.2) is 8.42 Å². The molecular formula is C13H17NO4S. The van der Waals surface area contributed by atoms with E-state index >= 15 is 0 Å². The van der Waals surface area contributed by atoms with Crippen LogP contribution in [0.25, 0.3) is 0 Å². The van der Waals surface area contributed by atoms with Gasteiger partial charge >= 0.3 is 0 Å². The van der Waals surface area contributed by atoms with Crippen molar-refractivity contribution < 1.29 is 18.3 Å². The summed E-state index contributed by atoms with van der Waals surface area (Å²) in [4.78, 5) is 0. The Morgan fingerprint density at radius 1 is 1.42 bits per heavy atom. The van der Waals surface area contributed by atoms with Crippen LogP contribution in [-0.2, 0) is 10.0 Å². The highest BCUT2D eigenvalue weighted by Crippen LogP contribution is 2.26. The lowest BCUT2D eigenvalue weighted by molar-refractivity contribution is 0.350. The summed E-state index contributed by atoms with van der Waals surface area (Å²) in [5.41, 5.74) is 0.928. The smallest absolute Gasteiger partial charge is 0.235 e. The molecule has 104 valence electrons. The monoisotopic (exact) mass is 283 g/mol. The fourth-order valence-corrected chi connectivity index (χ4v) is 1.98. The van der Waals surface area contributed by atoms with Crippen molar-refractivity contribution in [3.8, 4) is 17.6 Å². The maximum Gasteiger partial charge on any atom is 0.235 e. The summed E-state index contributed by atoms with van der Waals surface area (Å²) in [6.45, 7) is 2.92. The largest absolute Gasteiger partial charge is 0.495 e. The maximum absolute atomic E-state index is 11.9. The van der Waals surface area contributed by atoms with Gasteiger partial charge in [0.15, 0.2) is 0 Å². The normalized spacial score (nSPS) is 10.8. The van der Waals surface area contributed by atoms with Gasteiger partial charge < -0.3 is 9.84 Å². The molecule has 0 atom stereocenters. The van der Waals surface area contributed by atoms with Crippen LogP contribution in [0.4, 0.5) is 5.69 Å². The topological polar surface area (TPSA) is 75.6 Å². The van der Waals surface area contributed by atoms with E-state index in [1.165, 1.54) is 7.11 Å². The SMILES string of the molecule is COc1ccc(C#CCO)cc1NS(=O)(=O)C(C)C. The van der Waals surface area contributed by atoms with E-state index in [1.807, 2.05) is 0 Å². The summed E-state index contributed by atoms with van der Waals surface area (Å²) in [5, 5.41) is 8.10. The molecule has 0 heterocycles. The number of aliphatic hydroxyl groups is 1. The number of nitrogens with one attached hydrogen (secondary N) is 1. The Balaban J connectivity index is 3.17. The minimum Gasteiger partial charge on any atom is -0.495 e. The van der Waals surface area contributed by atoms with Gasteiger partial charge in [0.2, 0.25) is 10.0 Å². The van der Waals surface area contributed by atoms with Gasteiger partial charge in [0.25, 0.3) is 0 Å². The van der Waals surface area contributed by atoms with Crippen molar-refractivity contribution in [2.45, 2.75) is 19.1 Å². The standard InChI is InChI=1S/C13H17NO4S/c1-10(2)19(16,17)14-12-9-11(5-4-8-15)6-7-13(12)18-3/h6-7,9-10,14-15H,8H2,1-3H3. The lowest BCUT2D eigenvalue weighted by atomic mass is 10.2. The van der Waals surface area contributed by atoms with E-state index in [2.05, 4.69) is 16.6 Å². The Labute approximate surface area is 113 Å². The summed E-state index contributed by atoms with van der Waals surface area (Å²) in [6.07, 6.45) is 0. The molecule has 0 aliphatic heterocycles. The predicted octanol–water partition coefficient (Wildman–Crippen LogP) is 1.19. The van der Waals surface area contributed by atoms with Crippen LogP contribution in [0.5, 0.6) is 5.75 Å². The average molecular weight is 283 g/mol. The molecule has 0 unspecified atom stereocenters. The number of sulfonamides is 1. The molecule has 0 aliphatic carbocycles. The molecule has 5 nitrogen and oxygen atoms in total. The van der Waals surface area contributed by atoms with E-state index in [9.17, 15) is 8.42 Å². The Bertz CT molecular complexity index is 597. The number of methoxy groups -OCH3 is 1. The van der Waals surface area contributed by atoms with Gasteiger partial charge in [-0.3, -0.25) is 4.72 Å². The van der Waals surface area contributed by atoms with Crippen molar-refractivity contribution in [2.75, 3.05) is 18.4 Å². The molecule has 1 rings (SSSR count). The van der Waals surface area contributed by atoms with Crippen molar-refractivity contribution in [1.29, 1.82) is 0 Å². The number of hydrogen-bond donors (Lipinski definition) is 2. The Morgan fingerprint density at radius 2 is 2.11 bits per heavy atom. The van der Waals surface area contributed by atoms with E-state index in [0.29, 0.717) is 17.0 Å². The van der Waals surface area contributed by atoms with Crippen LogP contribution >= 0.6 is 0 Å². The number of anilines is 1. The lowest BCUT2D eigenvalue weighted by Crippen LogP contribution is -2.22. The van der Waals surface area contributed by atoms with Crippen molar-refractivity contribution in [2.24, 2.45) is 0 Å². The average Bonchev–Trinajstić information content (AvgIpc) is 2.36. The quantitative estimate of drug-likeness (QED) is 0.814. The van der Waals surface area contributed by atoms with Crippen LogP contribution in [0.3, 0.4) is 0 Å². The summed E-state index contributed by atoms with van der Waals surface area (Å²) >= 11 is 0. The molecule has 0 fully saturated rings. The fourth-order valence-electron chi connectivity index (χ4n) is 1.28. The lowest BCUT2D eigenvalue weighted by Gasteiger charge is -2.14. The number of aliphatic hydroxyl groups excluding tert-OH is 1. The maximum atomic E-state index is 11.9. The molecule has 0 amide bonds. The summed E-state index contributed by atoms with van der Waals surface area (Å²) in [6, 6.07) is 4.88. The molecule has 0 spiro atoms. The van der Waals surface area contributed by atoms with Gasteiger partial charge in [-0.05, 0) is 32.0 Å². The second-order valence-electron chi connectivity index (χ2n) is 4.07. The molecule has 1 aromatic rings. The van der Waals surface area contributed by atoms with Crippen molar-refractivity contribution in [3.05, 3.63) is 23.8 Å². The summed E-state index contributed by atoms with van der Waals surface area (Å²) in [7, 11) is -1.99. The summed E-state index contributed by atoms with van der Waals surface area (Å²) < 4.78 is 31.3. The van der Waals surface area contributed by atoms with Crippen molar-refractivity contribution >= 4 is 15.7 Å². The van der Waals surface area contributed by atoms with Crippen LogP contribution in [0, 0.1) is 11.8 Å². The van der Waals surface area contributed by atoms with Gasteiger partial charge in [-0.2, -0.15) is 0 Å². The van der Waals surface area contributed by atoms with Crippen LogP contribution < -0.4 is 9.46 Å². The van der Waals surface area contributed by atoms with Gasteiger partial charge in [0, 0.05) is 5.56 Å². The van der Waals surface area contributed by atoms with Crippen LogP contribution in [0.2, 0.25) is 0 Å². The first-order valence-corrected chi connectivity index (χ1v) is 7.24. The first-order valence-electron chi connectivity index (χ1n) is 5.70. The van der Waals surface area contributed by atoms with Gasteiger partial charge in [-0.1, -0.05) is 11.8 Å². The molecule has 19 heavy (non-hydrogen) atoms. The molecule has 0 saturated carbocycles. The highest BCUT2D eigenvalue weighted by atomic mass is 32.2. The third-order valence-corrected chi connectivity index (χ3v) is 4.13.